The number of amides is 1. The molecule has 0 radical (unpaired) electrons. The third kappa shape index (κ3) is 5.47. The summed E-state index contributed by atoms with van der Waals surface area (Å²) in [6.07, 6.45) is 8.24. The molecule has 1 aliphatic carbocycles. The van der Waals surface area contributed by atoms with E-state index in [-0.39, 0.29) is 24.0 Å². The maximum absolute atomic E-state index is 14.6. The summed E-state index contributed by atoms with van der Waals surface area (Å²) in [5.41, 5.74) is 1.28. The number of carbonyl (C=O) groups excluding carboxylic acids is 1. The summed E-state index contributed by atoms with van der Waals surface area (Å²) in [6.45, 7) is -0.549. The van der Waals surface area contributed by atoms with Crippen LogP contribution in [0, 0.1) is 29.1 Å². The van der Waals surface area contributed by atoms with Crippen molar-refractivity contribution in [2.45, 2.75) is 61.9 Å². The Morgan fingerprint density at radius 1 is 0.933 bits per heavy atom. The highest BCUT2D eigenvalue weighted by Crippen LogP contribution is 2.36. The quantitative estimate of drug-likeness (QED) is 0.170. The smallest absolute Gasteiger partial charge is 0.272 e. The Kier molecular flexibility index (Phi) is 8.16. The molecule has 2 aromatic carbocycles. The highest BCUT2D eigenvalue weighted by atomic mass is 32.2. The van der Waals surface area contributed by atoms with Gasteiger partial charge in [-0.15, -0.1) is 0 Å². The van der Waals surface area contributed by atoms with Crippen molar-refractivity contribution in [1.82, 2.24) is 19.5 Å². The number of pyridine rings is 1. The summed E-state index contributed by atoms with van der Waals surface area (Å²) in [5, 5.41) is 6.74. The molecule has 45 heavy (non-hydrogen) atoms. The number of aromatic nitrogens is 3. The lowest BCUT2D eigenvalue weighted by atomic mass is 9.84. The van der Waals surface area contributed by atoms with Gasteiger partial charge in [-0.05, 0) is 61.1 Å². The standard InChI is InChI=1S/C30H26F5N5O4S/c31-23-24(32)26(34)28(27(35)25(23)33)45(43,44)40-11-9-22(40)30(42)39(20-6-7-21-18(13-20)14-37-38-29(21)41)15-19-12-17(8-10-36-19)16-4-2-1-3-5-16/h6-8,10,12-14,16,22H,1-5,9,11,15H2,(H,38,41). The van der Waals surface area contributed by atoms with Crippen molar-refractivity contribution in [3.63, 3.8) is 0 Å². The first-order chi connectivity index (χ1) is 21.5. The Morgan fingerprint density at radius 3 is 2.29 bits per heavy atom. The first-order valence-corrected chi connectivity index (χ1v) is 15.7. The predicted molar refractivity (Wildman–Crippen MR) is 152 cm³/mol. The summed E-state index contributed by atoms with van der Waals surface area (Å²) in [7, 11) is -5.35. The minimum absolute atomic E-state index is 0.0890. The van der Waals surface area contributed by atoms with Crippen molar-refractivity contribution < 1.29 is 35.2 Å². The monoisotopic (exact) mass is 647 g/mol. The van der Waals surface area contributed by atoms with E-state index in [0.29, 0.717) is 21.3 Å². The molecule has 0 spiro atoms. The largest absolute Gasteiger partial charge is 0.305 e. The zero-order valence-electron chi connectivity index (χ0n) is 23.6. The van der Waals surface area contributed by atoms with Gasteiger partial charge in [-0.25, -0.2) is 35.5 Å². The second-order valence-corrected chi connectivity index (χ2v) is 13.0. The van der Waals surface area contributed by atoms with Crippen LogP contribution < -0.4 is 10.5 Å². The van der Waals surface area contributed by atoms with Crippen LogP contribution in [-0.4, -0.2) is 46.4 Å². The number of halogens is 5. The first-order valence-electron chi connectivity index (χ1n) is 14.3. The molecule has 3 heterocycles. The van der Waals surface area contributed by atoms with Gasteiger partial charge in [0.05, 0.1) is 23.8 Å². The normalized spacial score (nSPS) is 17.8. The molecule has 9 nitrogen and oxygen atoms in total. The fourth-order valence-corrected chi connectivity index (χ4v) is 7.73. The van der Waals surface area contributed by atoms with Crippen LogP contribution in [0.5, 0.6) is 0 Å². The van der Waals surface area contributed by atoms with Crippen LogP contribution in [0.4, 0.5) is 27.6 Å². The molecule has 4 aromatic rings. The number of rotatable bonds is 7. The van der Waals surface area contributed by atoms with Gasteiger partial charge < -0.3 is 4.90 Å². The Balaban J connectivity index is 1.38. The molecule has 1 unspecified atom stereocenters. The highest BCUT2D eigenvalue weighted by Gasteiger charge is 2.48. The number of fused-ring (bicyclic) bond motifs is 1. The van der Waals surface area contributed by atoms with Crippen LogP contribution in [0.2, 0.25) is 0 Å². The van der Waals surface area contributed by atoms with Gasteiger partial charge >= 0.3 is 0 Å². The number of aromatic amines is 1. The number of hydrogen-bond acceptors (Lipinski definition) is 6. The van der Waals surface area contributed by atoms with Gasteiger partial charge in [-0.2, -0.15) is 9.40 Å². The lowest BCUT2D eigenvalue weighted by molar-refractivity contribution is -0.125. The lowest BCUT2D eigenvalue weighted by Crippen LogP contribution is -2.59. The Labute approximate surface area is 253 Å². The van der Waals surface area contributed by atoms with Crippen molar-refractivity contribution in [2.24, 2.45) is 0 Å². The molecule has 0 bridgehead atoms. The lowest BCUT2D eigenvalue weighted by Gasteiger charge is -2.41. The Hall–Kier alpha value is -4.24. The van der Waals surface area contributed by atoms with Crippen molar-refractivity contribution in [3.05, 3.63) is 93.4 Å². The Bertz CT molecular complexity index is 1950. The molecule has 236 valence electrons. The minimum atomic E-state index is -5.35. The van der Waals surface area contributed by atoms with Crippen LogP contribution >= 0.6 is 0 Å². The summed E-state index contributed by atoms with van der Waals surface area (Å²) in [4.78, 5) is 29.9. The number of carbonyl (C=O) groups is 1. The van der Waals surface area contributed by atoms with Gasteiger partial charge in [0.25, 0.3) is 5.56 Å². The average Bonchev–Trinajstić information content (AvgIpc) is 3.01. The molecule has 6 rings (SSSR count). The van der Waals surface area contributed by atoms with E-state index in [1.54, 1.807) is 6.20 Å². The third-order valence-corrected chi connectivity index (χ3v) is 10.4. The van der Waals surface area contributed by atoms with Crippen LogP contribution in [-0.2, 0) is 21.4 Å². The fourth-order valence-electron chi connectivity index (χ4n) is 5.99. The molecule has 15 heteroatoms. The highest BCUT2D eigenvalue weighted by molar-refractivity contribution is 7.89. The van der Waals surface area contributed by atoms with Crippen molar-refractivity contribution in [3.8, 4) is 0 Å². The number of anilines is 1. The molecule has 1 amide bonds. The second kappa shape index (κ2) is 11.9. The molecular weight excluding hydrogens is 621 g/mol. The average molecular weight is 648 g/mol. The van der Waals surface area contributed by atoms with Gasteiger partial charge in [-0.3, -0.25) is 14.6 Å². The molecule has 1 saturated heterocycles. The van der Waals surface area contributed by atoms with Crippen molar-refractivity contribution in [1.29, 1.82) is 0 Å². The van der Waals surface area contributed by atoms with E-state index in [1.807, 2.05) is 12.1 Å². The van der Waals surface area contributed by atoms with Gasteiger partial charge in [0.2, 0.25) is 21.7 Å². The number of nitrogens with zero attached hydrogens (tertiary/aromatic N) is 4. The topological polar surface area (TPSA) is 116 Å². The molecule has 2 aliphatic rings. The van der Waals surface area contributed by atoms with Crippen LogP contribution in [0.15, 0.2) is 52.4 Å². The maximum Gasteiger partial charge on any atom is 0.272 e. The second-order valence-electron chi connectivity index (χ2n) is 11.1. The Morgan fingerprint density at radius 2 is 1.62 bits per heavy atom. The van der Waals surface area contributed by atoms with E-state index in [1.165, 1.54) is 29.3 Å². The molecule has 1 N–H and O–H groups in total. The summed E-state index contributed by atoms with van der Waals surface area (Å²) in [5.74, 6) is -12.9. The zero-order valence-corrected chi connectivity index (χ0v) is 24.4. The number of hydrogen-bond donors (Lipinski definition) is 1. The molecule has 2 fully saturated rings. The number of nitrogens with one attached hydrogen (secondary N) is 1. The number of benzene rings is 2. The summed E-state index contributed by atoms with van der Waals surface area (Å²) >= 11 is 0. The SMILES string of the molecule is O=C(C1CCN1S(=O)(=O)c1c(F)c(F)c(F)c(F)c1F)N(Cc1cc(C2CCCCC2)ccn1)c1ccc2c(=O)[nH]ncc2c1. The van der Waals surface area contributed by atoms with Crippen LogP contribution in [0.3, 0.4) is 0 Å². The van der Waals surface area contributed by atoms with E-state index < -0.39 is 68.1 Å². The van der Waals surface area contributed by atoms with E-state index >= 15 is 0 Å². The molecule has 2 aromatic heterocycles. The molecular formula is C30H26F5N5O4S. The molecule has 1 aliphatic heterocycles. The van der Waals surface area contributed by atoms with Gasteiger partial charge in [0.1, 0.15) is 6.04 Å². The van der Waals surface area contributed by atoms with Gasteiger partial charge in [0.15, 0.2) is 28.2 Å². The van der Waals surface area contributed by atoms with E-state index in [9.17, 15) is 40.0 Å². The zero-order chi connectivity index (χ0) is 32.0. The minimum Gasteiger partial charge on any atom is -0.305 e. The number of H-pyrrole nitrogens is 1. The fraction of sp³-hybridized carbons (Fsp3) is 0.333. The van der Waals surface area contributed by atoms with Crippen LogP contribution in [0.25, 0.3) is 10.8 Å². The van der Waals surface area contributed by atoms with Gasteiger partial charge in [-0.1, -0.05) is 19.3 Å². The van der Waals surface area contributed by atoms with E-state index in [2.05, 4.69) is 15.2 Å². The molecule has 1 atom stereocenters. The summed E-state index contributed by atoms with van der Waals surface area (Å²) in [6, 6.07) is 6.68. The van der Waals surface area contributed by atoms with Crippen molar-refractivity contribution in [2.75, 3.05) is 11.4 Å². The molecule has 1 saturated carbocycles. The number of sulfonamides is 1. The summed E-state index contributed by atoms with van der Waals surface area (Å²) < 4.78 is 97.7. The van der Waals surface area contributed by atoms with E-state index in [0.717, 1.165) is 37.7 Å². The third-order valence-electron chi connectivity index (χ3n) is 8.46. The van der Waals surface area contributed by atoms with Crippen LogP contribution in [0.1, 0.15) is 55.7 Å². The first kappa shape index (κ1) is 30.8. The maximum atomic E-state index is 14.6. The van der Waals surface area contributed by atoms with E-state index in [4.69, 9.17) is 0 Å². The van der Waals surface area contributed by atoms with Crippen molar-refractivity contribution >= 4 is 32.4 Å². The predicted octanol–water partition coefficient (Wildman–Crippen LogP) is 5.06. The van der Waals surface area contributed by atoms with Gasteiger partial charge in [0, 0.05) is 23.8 Å².